The summed E-state index contributed by atoms with van der Waals surface area (Å²) in [5.74, 6) is 0.0147. The highest BCUT2D eigenvalue weighted by molar-refractivity contribution is 6.35. The first-order valence-electron chi connectivity index (χ1n) is 5.15. The average molecular weight is 307 g/mol. The SMILES string of the molecule is Cc1nc(-c2cc(Cl)ccc2Cl)cc(C(F)(F)F)n1. The van der Waals surface area contributed by atoms with Crippen LogP contribution >= 0.6 is 23.2 Å². The second-order valence-corrected chi connectivity index (χ2v) is 4.65. The minimum Gasteiger partial charge on any atom is -0.233 e. The average Bonchev–Trinajstić information content (AvgIpc) is 2.30. The Morgan fingerprint density at radius 3 is 2.37 bits per heavy atom. The van der Waals surface area contributed by atoms with Crippen molar-refractivity contribution in [1.82, 2.24) is 9.97 Å². The Hall–Kier alpha value is -1.33. The van der Waals surface area contributed by atoms with Crippen molar-refractivity contribution in [2.75, 3.05) is 0 Å². The van der Waals surface area contributed by atoms with Crippen LogP contribution in [0.15, 0.2) is 24.3 Å². The molecule has 0 bridgehead atoms. The van der Waals surface area contributed by atoms with E-state index < -0.39 is 11.9 Å². The highest BCUT2D eigenvalue weighted by atomic mass is 35.5. The van der Waals surface area contributed by atoms with E-state index in [0.29, 0.717) is 10.6 Å². The van der Waals surface area contributed by atoms with Gasteiger partial charge in [0.25, 0.3) is 0 Å². The number of rotatable bonds is 1. The van der Waals surface area contributed by atoms with Gasteiger partial charge in [0.15, 0.2) is 0 Å². The van der Waals surface area contributed by atoms with E-state index in [-0.39, 0.29) is 16.5 Å². The van der Waals surface area contributed by atoms with Gasteiger partial charge in [-0.25, -0.2) is 9.97 Å². The van der Waals surface area contributed by atoms with Crippen molar-refractivity contribution in [3.63, 3.8) is 0 Å². The predicted molar refractivity (Wildman–Crippen MR) is 67.2 cm³/mol. The van der Waals surface area contributed by atoms with Gasteiger partial charge >= 0.3 is 6.18 Å². The lowest BCUT2D eigenvalue weighted by Crippen LogP contribution is -2.10. The molecule has 0 amide bonds. The second kappa shape index (κ2) is 4.98. The summed E-state index contributed by atoms with van der Waals surface area (Å²) in [6, 6.07) is 5.37. The Morgan fingerprint density at radius 2 is 1.74 bits per heavy atom. The Morgan fingerprint density at radius 1 is 1.05 bits per heavy atom. The summed E-state index contributed by atoms with van der Waals surface area (Å²) in [5.41, 5.74) is -0.580. The number of alkyl halides is 3. The van der Waals surface area contributed by atoms with E-state index in [1.54, 1.807) is 6.07 Å². The monoisotopic (exact) mass is 306 g/mol. The van der Waals surface area contributed by atoms with E-state index in [1.165, 1.54) is 19.1 Å². The van der Waals surface area contributed by atoms with Gasteiger partial charge in [0.1, 0.15) is 11.5 Å². The molecular weight excluding hydrogens is 300 g/mol. The number of aryl methyl sites for hydroxylation is 1. The van der Waals surface area contributed by atoms with Gasteiger partial charge in [0, 0.05) is 10.6 Å². The Kier molecular flexibility index (Phi) is 3.69. The van der Waals surface area contributed by atoms with Crippen LogP contribution in [0.25, 0.3) is 11.3 Å². The maximum Gasteiger partial charge on any atom is 0.433 e. The van der Waals surface area contributed by atoms with Gasteiger partial charge < -0.3 is 0 Å². The van der Waals surface area contributed by atoms with E-state index in [1.807, 2.05) is 0 Å². The molecule has 2 rings (SSSR count). The standard InChI is InChI=1S/C12H7Cl2F3N2/c1-6-18-10(5-11(19-6)12(15,16)17)8-4-7(13)2-3-9(8)14/h2-5H,1H3. The van der Waals surface area contributed by atoms with Crippen molar-refractivity contribution in [1.29, 1.82) is 0 Å². The maximum atomic E-state index is 12.7. The summed E-state index contributed by atoms with van der Waals surface area (Å²) in [6.07, 6.45) is -4.53. The smallest absolute Gasteiger partial charge is 0.233 e. The number of nitrogens with zero attached hydrogens (tertiary/aromatic N) is 2. The molecule has 0 saturated carbocycles. The maximum absolute atomic E-state index is 12.7. The van der Waals surface area contributed by atoms with E-state index in [9.17, 15) is 13.2 Å². The van der Waals surface area contributed by atoms with Crippen LogP contribution in [0.3, 0.4) is 0 Å². The third-order valence-corrected chi connectivity index (χ3v) is 2.90. The highest BCUT2D eigenvalue weighted by Gasteiger charge is 2.33. The first-order chi connectivity index (χ1) is 8.77. The van der Waals surface area contributed by atoms with Crippen LogP contribution in [0.2, 0.25) is 10.0 Å². The minimum absolute atomic E-state index is 0.0147. The summed E-state index contributed by atoms with van der Waals surface area (Å²) >= 11 is 11.8. The molecule has 2 nitrogen and oxygen atoms in total. The van der Waals surface area contributed by atoms with Crippen molar-refractivity contribution < 1.29 is 13.2 Å². The normalized spacial score (nSPS) is 11.7. The number of hydrogen-bond acceptors (Lipinski definition) is 2. The van der Waals surface area contributed by atoms with E-state index in [2.05, 4.69) is 9.97 Å². The quantitative estimate of drug-likeness (QED) is 0.758. The van der Waals surface area contributed by atoms with Gasteiger partial charge in [-0.1, -0.05) is 23.2 Å². The van der Waals surface area contributed by atoms with Crippen molar-refractivity contribution >= 4 is 23.2 Å². The summed E-state index contributed by atoms with van der Waals surface area (Å²) in [6.45, 7) is 1.39. The molecule has 0 aliphatic heterocycles. The molecule has 0 fully saturated rings. The zero-order valence-corrected chi connectivity index (χ0v) is 11.1. The Balaban J connectivity index is 2.63. The first-order valence-corrected chi connectivity index (χ1v) is 5.91. The third kappa shape index (κ3) is 3.16. The van der Waals surface area contributed by atoms with Crippen LogP contribution < -0.4 is 0 Å². The molecule has 0 aliphatic rings. The van der Waals surface area contributed by atoms with Gasteiger partial charge in [0.05, 0.1) is 10.7 Å². The van der Waals surface area contributed by atoms with Crippen LogP contribution in [0.5, 0.6) is 0 Å². The highest BCUT2D eigenvalue weighted by Crippen LogP contribution is 2.33. The van der Waals surface area contributed by atoms with Crippen LogP contribution in [0.4, 0.5) is 13.2 Å². The van der Waals surface area contributed by atoms with Gasteiger partial charge in [-0.05, 0) is 31.2 Å². The second-order valence-electron chi connectivity index (χ2n) is 3.81. The van der Waals surface area contributed by atoms with E-state index in [0.717, 1.165) is 6.07 Å². The topological polar surface area (TPSA) is 25.8 Å². The van der Waals surface area contributed by atoms with E-state index in [4.69, 9.17) is 23.2 Å². The molecule has 0 saturated heterocycles. The summed E-state index contributed by atoms with van der Waals surface area (Å²) in [4.78, 5) is 7.34. The molecule has 0 unspecified atom stereocenters. The van der Waals surface area contributed by atoms with Crippen LogP contribution in [0, 0.1) is 6.92 Å². The Labute approximate surface area is 117 Å². The molecular formula is C12H7Cl2F3N2. The third-order valence-electron chi connectivity index (χ3n) is 2.33. The van der Waals surface area contributed by atoms with Gasteiger partial charge in [-0.2, -0.15) is 13.2 Å². The number of benzene rings is 1. The molecule has 19 heavy (non-hydrogen) atoms. The number of aromatic nitrogens is 2. The lowest BCUT2D eigenvalue weighted by Gasteiger charge is -2.10. The van der Waals surface area contributed by atoms with E-state index >= 15 is 0 Å². The fraction of sp³-hybridized carbons (Fsp3) is 0.167. The number of halogens is 5. The predicted octanol–water partition coefficient (Wildman–Crippen LogP) is 4.78. The van der Waals surface area contributed by atoms with Gasteiger partial charge in [-0.3, -0.25) is 0 Å². The molecule has 0 radical (unpaired) electrons. The Bertz CT molecular complexity index is 627. The van der Waals surface area contributed by atoms with Crippen molar-refractivity contribution in [2.45, 2.75) is 13.1 Å². The fourth-order valence-corrected chi connectivity index (χ4v) is 1.93. The summed E-state index contributed by atoms with van der Waals surface area (Å²) in [7, 11) is 0. The largest absolute Gasteiger partial charge is 0.433 e. The van der Waals surface area contributed by atoms with Crippen LogP contribution in [-0.4, -0.2) is 9.97 Å². The van der Waals surface area contributed by atoms with Gasteiger partial charge in [0.2, 0.25) is 0 Å². The lowest BCUT2D eigenvalue weighted by molar-refractivity contribution is -0.141. The molecule has 7 heteroatoms. The number of hydrogen-bond donors (Lipinski definition) is 0. The minimum atomic E-state index is -4.53. The molecule has 0 aliphatic carbocycles. The fourth-order valence-electron chi connectivity index (χ4n) is 1.54. The van der Waals surface area contributed by atoms with Crippen LogP contribution in [0.1, 0.15) is 11.5 Å². The zero-order chi connectivity index (χ0) is 14.2. The molecule has 0 atom stereocenters. The molecule has 100 valence electrons. The first kappa shape index (κ1) is 14.1. The molecule has 1 heterocycles. The zero-order valence-electron chi connectivity index (χ0n) is 9.59. The molecule has 0 N–H and O–H groups in total. The van der Waals surface area contributed by atoms with Crippen molar-refractivity contribution in [3.05, 3.63) is 45.8 Å². The van der Waals surface area contributed by atoms with Gasteiger partial charge in [-0.15, -0.1) is 0 Å². The molecule has 1 aromatic carbocycles. The van der Waals surface area contributed by atoms with Crippen LogP contribution in [-0.2, 0) is 6.18 Å². The van der Waals surface area contributed by atoms with Crippen molar-refractivity contribution in [2.24, 2.45) is 0 Å². The van der Waals surface area contributed by atoms with Crippen molar-refractivity contribution in [3.8, 4) is 11.3 Å². The molecule has 0 spiro atoms. The molecule has 1 aromatic heterocycles. The summed E-state index contributed by atoms with van der Waals surface area (Å²) in [5, 5.41) is 0.639. The molecule has 2 aromatic rings. The summed E-state index contributed by atoms with van der Waals surface area (Å²) < 4.78 is 38.1. The lowest BCUT2D eigenvalue weighted by atomic mass is 10.1.